The summed E-state index contributed by atoms with van der Waals surface area (Å²) in [5.74, 6) is -0.367. The van der Waals surface area contributed by atoms with Gasteiger partial charge in [-0.3, -0.25) is 0 Å². The zero-order valence-corrected chi connectivity index (χ0v) is 16.9. The summed E-state index contributed by atoms with van der Waals surface area (Å²) in [5.41, 5.74) is 0.792. The second-order valence-corrected chi connectivity index (χ2v) is 8.61. The number of piperidine rings is 1. The summed E-state index contributed by atoms with van der Waals surface area (Å²) in [6.45, 7) is 6.93. The van der Waals surface area contributed by atoms with Crippen LogP contribution in [0.15, 0.2) is 18.2 Å². The van der Waals surface area contributed by atoms with E-state index in [9.17, 15) is 9.59 Å². The topological polar surface area (TPSA) is 80.8 Å². The lowest BCUT2D eigenvalue weighted by Crippen LogP contribution is -2.44. The van der Waals surface area contributed by atoms with E-state index < -0.39 is 5.60 Å². The van der Waals surface area contributed by atoms with Crippen LogP contribution in [-0.2, 0) is 9.47 Å². The molecule has 0 radical (unpaired) electrons. The van der Waals surface area contributed by atoms with Crippen LogP contribution in [0.3, 0.4) is 0 Å². The molecule has 0 spiro atoms. The molecule has 2 heterocycles. The minimum Gasteiger partial charge on any atom is -0.465 e. The molecule has 27 heavy (non-hydrogen) atoms. The van der Waals surface area contributed by atoms with Crippen molar-refractivity contribution < 1.29 is 19.1 Å². The Bertz CT molecular complexity index is 835. The van der Waals surface area contributed by atoms with E-state index in [2.05, 4.69) is 10.3 Å². The number of amides is 1. The van der Waals surface area contributed by atoms with Crippen LogP contribution >= 0.6 is 11.3 Å². The lowest BCUT2D eigenvalue weighted by atomic mass is 10.1. The third-order valence-corrected chi connectivity index (χ3v) is 5.25. The van der Waals surface area contributed by atoms with Crippen LogP contribution in [0.25, 0.3) is 10.2 Å². The number of likely N-dealkylation sites (tertiary alicyclic amines) is 1. The Balaban J connectivity index is 1.59. The minimum atomic E-state index is -0.476. The lowest BCUT2D eigenvalue weighted by Gasteiger charge is -2.33. The van der Waals surface area contributed by atoms with Gasteiger partial charge >= 0.3 is 12.1 Å². The number of thiazole rings is 1. The molecule has 7 nitrogen and oxygen atoms in total. The average Bonchev–Trinajstić information content (AvgIpc) is 3.01. The van der Waals surface area contributed by atoms with Gasteiger partial charge in [-0.15, -0.1) is 0 Å². The molecule has 1 fully saturated rings. The second-order valence-electron chi connectivity index (χ2n) is 7.58. The molecule has 1 N–H and O–H groups in total. The highest BCUT2D eigenvalue weighted by molar-refractivity contribution is 7.22. The molecule has 1 saturated heterocycles. The van der Waals surface area contributed by atoms with E-state index in [1.807, 2.05) is 26.8 Å². The van der Waals surface area contributed by atoms with E-state index in [1.54, 1.807) is 28.4 Å². The van der Waals surface area contributed by atoms with Crippen molar-refractivity contribution in [2.45, 2.75) is 45.3 Å². The summed E-state index contributed by atoms with van der Waals surface area (Å²) in [7, 11) is 1.37. The molecule has 1 aliphatic rings. The maximum absolute atomic E-state index is 12.1. The van der Waals surface area contributed by atoms with Gasteiger partial charge in [0.1, 0.15) is 5.60 Å². The smallest absolute Gasteiger partial charge is 0.410 e. The van der Waals surface area contributed by atoms with Crippen molar-refractivity contribution in [3.05, 3.63) is 23.8 Å². The number of hydrogen-bond donors (Lipinski definition) is 1. The quantitative estimate of drug-likeness (QED) is 0.800. The maximum atomic E-state index is 12.1. The van der Waals surface area contributed by atoms with Crippen LogP contribution in [0, 0.1) is 0 Å². The normalized spacial score (nSPS) is 15.6. The third kappa shape index (κ3) is 4.88. The van der Waals surface area contributed by atoms with E-state index >= 15 is 0 Å². The highest BCUT2D eigenvalue weighted by Gasteiger charge is 2.27. The number of aromatic nitrogens is 1. The largest absolute Gasteiger partial charge is 0.465 e. The number of esters is 1. The molecule has 1 amide bonds. The molecule has 0 unspecified atom stereocenters. The summed E-state index contributed by atoms with van der Waals surface area (Å²) >= 11 is 1.55. The van der Waals surface area contributed by atoms with Gasteiger partial charge in [0, 0.05) is 19.1 Å². The van der Waals surface area contributed by atoms with Gasteiger partial charge in [-0.1, -0.05) is 11.3 Å². The number of nitrogens with zero attached hydrogens (tertiary/aromatic N) is 2. The van der Waals surface area contributed by atoms with Crippen LogP contribution in [0.1, 0.15) is 44.0 Å². The van der Waals surface area contributed by atoms with E-state index in [4.69, 9.17) is 9.47 Å². The first kappa shape index (κ1) is 19.4. The molecule has 0 atom stereocenters. The monoisotopic (exact) mass is 391 g/mol. The first-order chi connectivity index (χ1) is 12.7. The Labute approximate surface area is 162 Å². The molecular formula is C19H25N3O4S. The molecule has 2 aromatic rings. The van der Waals surface area contributed by atoms with Crippen molar-refractivity contribution in [1.29, 1.82) is 0 Å². The zero-order valence-electron chi connectivity index (χ0n) is 16.1. The van der Waals surface area contributed by atoms with Gasteiger partial charge in [0.15, 0.2) is 5.13 Å². The Morgan fingerprint density at radius 2 is 1.96 bits per heavy atom. The first-order valence-corrected chi connectivity index (χ1v) is 9.80. The molecule has 0 aliphatic carbocycles. The number of hydrogen-bond acceptors (Lipinski definition) is 7. The molecule has 0 saturated carbocycles. The Morgan fingerprint density at radius 1 is 1.26 bits per heavy atom. The van der Waals surface area contributed by atoms with E-state index in [0.717, 1.165) is 28.2 Å². The summed E-state index contributed by atoms with van der Waals surface area (Å²) in [4.78, 5) is 30.1. The van der Waals surface area contributed by atoms with Crippen LogP contribution in [0.5, 0.6) is 0 Å². The Hall–Kier alpha value is -2.35. The van der Waals surface area contributed by atoms with Gasteiger partial charge in [-0.05, 0) is 51.8 Å². The van der Waals surface area contributed by atoms with Crippen molar-refractivity contribution in [3.63, 3.8) is 0 Å². The molecule has 146 valence electrons. The number of carbonyl (C=O) groups is 2. The average molecular weight is 391 g/mol. The van der Waals surface area contributed by atoms with Gasteiger partial charge in [0.05, 0.1) is 22.9 Å². The SMILES string of the molecule is COC(=O)c1ccc2sc(NC3CCN(C(=O)OC(C)(C)C)CC3)nc2c1. The zero-order chi connectivity index (χ0) is 19.6. The van der Waals surface area contributed by atoms with Crippen molar-refractivity contribution in [2.24, 2.45) is 0 Å². The van der Waals surface area contributed by atoms with Crippen LogP contribution < -0.4 is 5.32 Å². The summed E-state index contributed by atoms with van der Waals surface area (Å²) < 4.78 is 11.2. The fourth-order valence-corrected chi connectivity index (χ4v) is 3.86. The van der Waals surface area contributed by atoms with Crippen LogP contribution in [0.2, 0.25) is 0 Å². The van der Waals surface area contributed by atoms with Crippen molar-refractivity contribution >= 4 is 38.7 Å². The number of benzene rings is 1. The van der Waals surface area contributed by atoms with Crippen LogP contribution in [0.4, 0.5) is 9.93 Å². The predicted octanol–water partition coefficient (Wildman–Crippen LogP) is 3.89. The molecule has 1 aromatic carbocycles. The summed E-state index contributed by atoms with van der Waals surface area (Å²) in [5, 5.41) is 4.28. The number of ether oxygens (including phenoxy) is 2. The minimum absolute atomic E-state index is 0.253. The van der Waals surface area contributed by atoms with Crippen molar-refractivity contribution in [1.82, 2.24) is 9.88 Å². The van der Waals surface area contributed by atoms with Gasteiger partial charge in [-0.25, -0.2) is 14.6 Å². The fraction of sp³-hybridized carbons (Fsp3) is 0.526. The van der Waals surface area contributed by atoms with Gasteiger partial charge in [0.2, 0.25) is 0 Å². The van der Waals surface area contributed by atoms with Crippen molar-refractivity contribution in [2.75, 3.05) is 25.5 Å². The van der Waals surface area contributed by atoms with E-state index in [-0.39, 0.29) is 18.1 Å². The summed E-state index contributed by atoms with van der Waals surface area (Å²) in [6, 6.07) is 5.63. The summed E-state index contributed by atoms with van der Waals surface area (Å²) in [6.07, 6.45) is 1.42. The predicted molar refractivity (Wildman–Crippen MR) is 105 cm³/mol. The highest BCUT2D eigenvalue weighted by Crippen LogP contribution is 2.28. The van der Waals surface area contributed by atoms with E-state index in [1.165, 1.54) is 7.11 Å². The Kier molecular flexibility index (Phi) is 5.55. The Morgan fingerprint density at radius 3 is 2.59 bits per heavy atom. The van der Waals surface area contributed by atoms with Gasteiger partial charge in [-0.2, -0.15) is 0 Å². The first-order valence-electron chi connectivity index (χ1n) is 8.98. The van der Waals surface area contributed by atoms with E-state index in [0.29, 0.717) is 18.7 Å². The van der Waals surface area contributed by atoms with Crippen molar-refractivity contribution in [3.8, 4) is 0 Å². The van der Waals surface area contributed by atoms with Gasteiger partial charge < -0.3 is 19.7 Å². The molecule has 0 bridgehead atoms. The molecule has 3 rings (SSSR count). The fourth-order valence-electron chi connectivity index (χ4n) is 2.94. The molecule has 1 aromatic heterocycles. The number of rotatable bonds is 3. The number of anilines is 1. The number of methoxy groups -OCH3 is 1. The molecular weight excluding hydrogens is 366 g/mol. The van der Waals surface area contributed by atoms with Crippen LogP contribution in [-0.4, -0.2) is 53.8 Å². The lowest BCUT2D eigenvalue weighted by molar-refractivity contribution is 0.0210. The third-order valence-electron chi connectivity index (χ3n) is 4.28. The highest BCUT2D eigenvalue weighted by atomic mass is 32.1. The molecule has 1 aliphatic heterocycles. The second kappa shape index (κ2) is 7.72. The standard InChI is InChI=1S/C19H25N3O4S/c1-19(2,3)26-18(24)22-9-7-13(8-10-22)20-17-21-14-11-12(16(23)25-4)5-6-15(14)27-17/h5-6,11,13H,7-10H2,1-4H3,(H,20,21). The number of fused-ring (bicyclic) bond motifs is 1. The maximum Gasteiger partial charge on any atom is 0.410 e. The number of nitrogens with one attached hydrogen (secondary N) is 1. The number of carbonyl (C=O) groups excluding carboxylic acids is 2. The van der Waals surface area contributed by atoms with Gasteiger partial charge in [0.25, 0.3) is 0 Å². The molecule has 8 heteroatoms.